The van der Waals surface area contributed by atoms with Crippen LogP contribution in [0.2, 0.25) is 0 Å². The van der Waals surface area contributed by atoms with Crippen molar-refractivity contribution in [3.8, 4) is 0 Å². The minimum atomic E-state index is -0.399. The average molecular weight is 282 g/mol. The van der Waals surface area contributed by atoms with Gasteiger partial charge >= 0.3 is 0 Å². The number of hydrogen-bond acceptors (Lipinski definition) is 2. The molecule has 0 N–H and O–H groups in total. The average Bonchev–Trinajstić information content (AvgIpc) is 2.43. The molecule has 1 atom stereocenters. The normalized spacial score (nSPS) is 12.7. The summed E-state index contributed by atoms with van der Waals surface area (Å²) in [5.41, 5.74) is 0. The monoisotopic (exact) mass is 282 g/mol. The Bertz CT molecular complexity index is 269. The smallest absolute Gasteiger partial charge is 0.145 e. The number of Topliss-reactive ketones (excluding diaryl/α,β-unsaturated/α-hetero) is 2. The van der Waals surface area contributed by atoms with Gasteiger partial charge in [0.05, 0.1) is 5.92 Å². The maximum Gasteiger partial charge on any atom is 0.145 e. The zero-order valence-electron chi connectivity index (χ0n) is 14.0. The lowest BCUT2D eigenvalue weighted by Crippen LogP contribution is -2.24. The van der Waals surface area contributed by atoms with Gasteiger partial charge < -0.3 is 0 Å². The standard InChI is InChI=1S/C18H34O2/c1-5-6-7-8-9-10-11-12-13-14-17(19)16(4)18(20)15(2)3/h15-16H,5-14H2,1-4H3. The van der Waals surface area contributed by atoms with Crippen molar-refractivity contribution in [2.75, 3.05) is 0 Å². The summed E-state index contributed by atoms with van der Waals surface area (Å²) < 4.78 is 0. The van der Waals surface area contributed by atoms with Crippen molar-refractivity contribution in [2.45, 2.75) is 91.9 Å². The molecule has 0 bridgehead atoms. The maximum absolute atomic E-state index is 11.9. The Morgan fingerprint density at radius 2 is 1.20 bits per heavy atom. The lowest BCUT2D eigenvalue weighted by molar-refractivity contribution is -0.133. The van der Waals surface area contributed by atoms with Gasteiger partial charge in [0.2, 0.25) is 0 Å². The second kappa shape index (κ2) is 12.1. The SMILES string of the molecule is CCCCCCCCCCCC(=O)C(C)C(=O)C(C)C. The Morgan fingerprint density at radius 3 is 1.65 bits per heavy atom. The van der Waals surface area contributed by atoms with Gasteiger partial charge in [-0.2, -0.15) is 0 Å². The van der Waals surface area contributed by atoms with Crippen molar-refractivity contribution >= 4 is 11.6 Å². The molecule has 0 aromatic rings. The minimum absolute atomic E-state index is 0.0305. The predicted octanol–water partition coefficient (Wildman–Crippen LogP) is 5.34. The molecular weight excluding hydrogens is 248 g/mol. The highest BCUT2D eigenvalue weighted by atomic mass is 16.1. The van der Waals surface area contributed by atoms with Crippen LogP contribution in [0.4, 0.5) is 0 Å². The summed E-state index contributed by atoms with van der Waals surface area (Å²) >= 11 is 0. The van der Waals surface area contributed by atoms with E-state index in [1.165, 1.54) is 44.9 Å². The van der Waals surface area contributed by atoms with Crippen LogP contribution in [0.15, 0.2) is 0 Å². The first-order valence-electron chi connectivity index (χ1n) is 8.57. The van der Waals surface area contributed by atoms with Gasteiger partial charge in [-0.1, -0.05) is 72.1 Å². The van der Waals surface area contributed by atoms with Crippen LogP contribution in [0.5, 0.6) is 0 Å². The van der Waals surface area contributed by atoms with E-state index < -0.39 is 5.92 Å². The fourth-order valence-corrected chi connectivity index (χ4v) is 2.49. The molecule has 0 aromatic heterocycles. The molecule has 118 valence electrons. The van der Waals surface area contributed by atoms with Gasteiger partial charge in [-0.3, -0.25) is 9.59 Å². The molecule has 20 heavy (non-hydrogen) atoms. The van der Waals surface area contributed by atoms with Gasteiger partial charge in [0.25, 0.3) is 0 Å². The summed E-state index contributed by atoms with van der Waals surface area (Å²) in [5.74, 6) is -0.210. The third-order valence-electron chi connectivity index (χ3n) is 4.01. The third-order valence-corrected chi connectivity index (χ3v) is 4.01. The summed E-state index contributed by atoms with van der Waals surface area (Å²) in [4.78, 5) is 23.6. The summed E-state index contributed by atoms with van der Waals surface area (Å²) in [6.45, 7) is 7.73. The van der Waals surface area contributed by atoms with E-state index >= 15 is 0 Å². The molecule has 0 fully saturated rings. The van der Waals surface area contributed by atoms with E-state index in [2.05, 4.69) is 6.92 Å². The molecular formula is C18H34O2. The highest BCUT2D eigenvalue weighted by Crippen LogP contribution is 2.14. The molecule has 0 aliphatic carbocycles. The van der Waals surface area contributed by atoms with Gasteiger partial charge in [-0.05, 0) is 13.3 Å². The Balaban J connectivity index is 3.51. The number of rotatable bonds is 13. The Labute approximate surface area is 125 Å². The van der Waals surface area contributed by atoms with E-state index in [1.54, 1.807) is 6.92 Å². The first-order valence-corrected chi connectivity index (χ1v) is 8.57. The quantitative estimate of drug-likeness (QED) is 0.337. The number of ketones is 2. The Hall–Kier alpha value is -0.660. The fraction of sp³-hybridized carbons (Fsp3) is 0.889. The van der Waals surface area contributed by atoms with Crippen molar-refractivity contribution in [1.82, 2.24) is 0 Å². The summed E-state index contributed by atoms with van der Waals surface area (Å²) in [6, 6.07) is 0. The molecule has 0 heterocycles. The molecule has 1 unspecified atom stereocenters. The highest BCUT2D eigenvalue weighted by molar-refractivity contribution is 6.02. The lowest BCUT2D eigenvalue weighted by atomic mass is 9.91. The van der Waals surface area contributed by atoms with Gasteiger partial charge in [0.1, 0.15) is 11.6 Å². The third kappa shape index (κ3) is 9.28. The van der Waals surface area contributed by atoms with Crippen molar-refractivity contribution in [1.29, 1.82) is 0 Å². The van der Waals surface area contributed by atoms with E-state index in [0.29, 0.717) is 6.42 Å². The highest BCUT2D eigenvalue weighted by Gasteiger charge is 2.22. The molecule has 0 aliphatic heterocycles. The van der Waals surface area contributed by atoms with Crippen LogP contribution < -0.4 is 0 Å². The molecule has 0 radical (unpaired) electrons. The van der Waals surface area contributed by atoms with E-state index in [0.717, 1.165) is 12.8 Å². The van der Waals surface area contributed by atoms with E-state index in [1.807, 2.05) is 13.8 Å². The summed E-state index contributed by atoms with van der Waals surface area (Å²) in [6.07, 6.45) is 11.9. The molecule has 0 saturated heterocycles. The second-order valence-electron chi connectivity index (χ2n) is 6.32. The summed E-state index contributed by atoms with van der Waals surface area (Å²) in [5, 5.41) is 0. The Morgan fingerprint density at radius 1 is 0.750 bits per heavy atom. The number of unbranched alkanes of at least 4 members (excludes halogenated alkanes) is 8. The van der Waals surface area contributed by atoms with Crippen LogP contribution in [-0.2, 0) is 9.59 Å². The number of carbonyl (C=O) groups is 2. The van der Waals surface area contributed by atoms with Crippen LogP contribution in [0.3, 0.4) is 0 Å². The molecule has 0 rings (SSSR count). The second-order valence-corrected chi connectivity index (χ2v) is 6.32. The van der Waals surface area contributed by atoms with Crippen LogP contribution in [0.25, 0.3) is 0 Å². The van der Waals surface area contributed by atoms with Gasteiger partial charge in [-0.15, -0.1) is 0 Å². The van der Waals surface area contributed by atoms with Crippen LogP contribution in [0, 0.1) is 11.8 Å². The maximum atomic E-state index is 11.9. The van der Waals surface area contributed by atoms with E-state index in [9.17, 15) is 9.59 Å². The predicted molar refractivity (Wildman–Crippen MR) is 85.9 cm³/mol. The van der Waals surface area contributed by atoms with Crippen molar-refractivity contribution in [3.63, 3.8) is 0 Å². The first kappa shape index (κ1) is 19.3. The molecule has 2 nitrogen and oxygen atoms in total. The molecule has 0 aliphatic rings. The molecule has 2 heteroatoms. The number of carbonyl (C=O) groups excluding carboxylic acids is 2. The minimum Gasteiger partial charge on any atom is -0.299 e. The zero-order chi connectivity index (χ0) is 15.4. The van der Waals surface area contributed by atoms with E-state index in [-0.39, 0.29) is 17.5 Å². The lowest BCUT2D eigenvalue weighted by Gasteiger charge is -2.11. The Kier molecular flexibility index (Phi) is 11.7. The molecule has 0 amide bonds. The van der Waals surface area contributed by atoms with Crippen molar-refractivity contribution in [2.24, 2.45) is 11.8 Å². The topological polar surface area (TPSA) is 34.1 Å². The van der Waals surface area contributed by atoms with Crippen LogP contribution in [-0.4, -0.2) is 11.6 Å². The van der Waals surface area contributed by atoms with Gasteiger partial charge in [0.15, 0.2) is 0 Å². The number of hydrogen-bond donors (Lipinski definition) is 0. The van der Waals surface area contributed by atoms with Crippen molar-refractivity contribution in [3.05, 3.63) is 0 Å². The molecule has 0 spiro atoms. The van der Waals surface area contributed by atoms with Gasteiger partial charge in [0, 0.05) is 12.3 Å². The van der Waals surface area contributed by atoms with Crippen LogP contribution >= 0.6 is 0 Å². The largest absolute Gasteiger partial charge is 0.299 e. The van der Waals surface area contributed by atoms with Crippen LogP contribution in [0.1, 0.15) is 91.9 Å². The molecule has 0 saturated carbocycles. The first-order chi connectivity index (χ1) is 9.50. The molecule has 0 aromatic carbocycles. The fourth-order valence-electron chi connectivity index (χ4n) is 2.49. The van der Waals surface area contributed by atoms with Gasteiger partial charge in [-0.25, -0.2) is 0 Å². The van der Waals surface area contributed by atoms with Crippen molar-refractivity contribution < 1.29 is 9.59 Å². The summed E-state index contributed by atoms with van der Waals surface area (Å²) in [7, 11) is 0. The van der Waals surface area contributed by atoms with E-state index in [4.69, 9.17) is 0 Å². The zero-order valence-corrected chi connectivity index (χ0v) is 14.0.